The molecule has 2 aromatic rings. The Morgan fingerprint density at radius 2 is 1.83 bits per heavy atom. The van der Waals surface area contributed by atoms with Crippen LogP contribution in [0.1, 0.15) is 25.8 Å². The Hall–Kier alpha value is -2.62. The second-order valence-electron chi connectivity index (χ2n) is 6.02. The summed E-state index contributed by atoms with van der Waals surface area (Å²) in [5, 5.41) is 4.99. The first-order chi connectivity index (χ1) is 11.5. The molecule has 1 atom stereocenters. The average Bonchev–Trinajstić information content (AvgIpc) is 2.57. The van der Waals surface area contributed by atoms with Gasteiger partial charge in [0.15, 0.2) is 0 Å². The van der Waals surface area contributed by atoms with E-state index in [1.165, 1.54) is 7.11 Å². The predicted octanol–water partition coefficient (Wildman–Crippen LogP) is 3.40. The van der Waals surface area contributed by atoms with Crippen molar-refractivity contribution in [3.8, 4) is 0 Å². The zero-order valence-corrected chi connectivity index (χ0v) is 14.3. The zero-order chi connectivity index (χ0) is 17.5. The molecule has 2 rings (SSSR count). The van der Waals surface area contributed by atoms with Gasteiger partial charge in [-0.1, -0.05) is 54.1 Å². The Balaban J connectivity index is 2.05. The molecule has 0 aliphatic rings. The number of ether oxygens (including phenoxy) is 1. The van der Waals surface area contributed by atoms with Gasteiger partial charge in [-0.3, -0.25) is 4.79 Å². The molecule has 0 unspecified atom stereocenters. The molecule has 4 heteroatoms. The summed E-state index contributed by atoms with van der Waals surface area (Å²) < 4.78 is 4.77. The van der Waals surface area contributed by atoms with Crippen LogP contribution in [0.15, 0.2) is 54.1 Å². The molecular formula is C20H23NO3. The number of fused-ring (bicyclic) bond motifs is 1. The van der Waals surface area contributed by atoms with E-state index in [0.29, 0.717) is 6.42 Å². The van der Waals surface area contributed by atoms with Crippen LogP contribution in [-0.4, -0.2) is 25.0 Å². The van der Waals surface area contributed by atoms with E-state index in [-0.39, 0.29) is 12.3 Å². The lowest BCUT2D eigenvalue weighted by Crippen LogP contribution is -2.41. The van der Waals surface area contributed by atoms with E-state index in [1.807, 2.05) is 62.4 Å². The lowest BCUT2D eigenvalue weighted by molar-refractivity contribution is -0.144. The quantitative estimate of drug-likeness (QED) is 0.654. The summed E-state index contributed by atoms with van der Waals surface area (Å²) >= 11 is 0. The van der Waals surface area contributed by atoms with Gasteiger partial charge in [-0.2, -0.15) is 0 Å². The molecule has 0 bridgehead atoms. The highest BCUT2D eigenvalue weighted by Gasteiger charge is 2.20. The molecule has 2 aromatic carbocycles. The number of methoxy groups -OCH3 is 1. The fraction of sp³-hybridized carbons (Fsp3) is 0.300. The highest BCUT2D eigenvalue weighted by atomic mass is 16.5. The molecule has 1 N–H and O–H groups in total. The van der Waals surface area contributed by atoms with Crippen molar-refractivity contribution in [1.82, 2.24) is 5.32 Å². The highest BCUT2D eigenvalue weighted by Crippen LogP contribution is 2.16. The van der Waals surface area contributed by atoms with Crippen LogP contribution in [0.3, 0.4) is 0 Å². The van der Waals surface area contributed by atoms with Crippen LogP contribution in [0.5, 0.6) is 0 Å². The average molecular weight is 325 g/mol. The minimum atomic E-state index is -0.655. The number of carbonyl (C=O) groups excluding carboxylic acids is 2. The number of hydrogen-bond donors (Lipinski definition) is 1. The summed E-state index contributed by atoms with van der Waals surface area (Å²) in [7, 11) is 1.33. The third-order valence-corrected chi connectivity index (χ3v) is 3.76. The molecule has 1 amide bonds. The predicted molar refractivity (Wildman–Crippen MR) is 95.6 cm³/mol. The topological polar surface area (TPSA) is 55.4 Å². The van der Waals surface area contributed by atoms with Gasteiger partial charge in [0.05, 0.1) is 13.5 Å². The van der Waals surface area contributed by atoms with Crippen LogP contribution in [0.2, 0.25) is 0 Å². The first-order valence-electron chi connectivity index (χ1n) is 7.98. The minimum absolute atomic E-state index is 0.192. The number of rotatable bonds is 6. The molecule has 0 aliphatic carbocycles. The maximum absolute atomic E-state index is 12.3. The van der Waals surface area contributed by atoms with Gasteiger partial charge in [0.2, 0.25) is 5.91 Å². The Kier molecular flexibility index (Phi) is 6.13. The van der Waals surface area contributed by atoms with E-state index < -0.39 is 12.0 Å². The molecule has 0 aromatic heterocycles. The van der Waals surface area contributed by atoms with Gasteiger partial charge in [0, 0.05) is 0 Å². The fourth-order valence-electron chi connectivity index (χ4n) is 2.49. The third kappa shape index (κ3) is 4.95. The summed E-state index contributed by atoms with van der Waals surface area (Å²) in [5.74, 6) is -0.623. The monoisotopic (exact) mass is 325 g/mol. The minimum Gasteiger partial charge on any atom is -0.467 e. The maximum Gasteiger partial charge on any atom is 0.328 e. The molecule has 0 fully saturated rings. The lowest BCUT2D eigenvalue weighted by Gasteiger charge is -2.15. The van der Waals surface area contributed by atoms with Crippen molar-refractivity contribution in [1.29, 1.82) is 0 Å². The van der Waals surface area contributed by atoms with Crippen molar-refractivity contribution in [3.63, 3.8) is 0 Å². The van der Waals surface area contributed by atoms with Crippen LogP contribution in [0.4, 0.5) is 0 Å². The molecule has 0 radical (unpaired) electrons. The van der Waals surface area contributed by atoms with Crippen molar-refractivity contribution in [2.75, 3.05) is 7.11 Å². The van der Waals surface area contributed by atoms with E-state index in [4.69, 9.17) is 4.74 Å². The maximum atomic E-state index is 12.3. The number of allylic oxidation sites excluding steroid dienone is 1. The van der Waals surface area contributed by atoms with Gasteiger partial charge >= 0.3 is 5.97 Å². The normalized spacial score (nSPS) is 11.6. The Labute approximate surface area is 142 Å². The molecule has 4 nitrogen and oxygen atoms in total. The summed E-state index contributed by atoms with van der Waals surface area (Å²) in [4.78, 5) is 24.1. The summed E-state index contributed by atoms with van der Waals surface area (Å²) in [6.07, 6.45) is 2.57. The van der Waals surface area contributed by atoms with Crippen LogP contribution < -0.4 is 5.32 Å². The zero-order valence-electron chi connectivity index (χ0n) is 14.3. The Morgan fingerprint density at radius 1 is 1.12 bits per heavy atom. The van der Waals surface area contributed by atoms with Crippen LogP contribution >= 0.6 is 0 Å². The Bertz CT molecular complexity index is 760. The SMILES string of the molecule is COC(=O)[C@H](CC=C(C)C)NC(=O)Cc1ccc2ccccc2c1. The second kappa shape index (κ2) is 8.29. The van der Waals surface area contributed by atoms with Crippen molar-refractivity contribution in [2.24, 2.45) is 0 Å². The summed E-state index contributed by atoms with van der Waals surface area (Å²) in [5.41, 5.74) is 2.00. The molecule has 0 aliphatic heterocycles. The number of nitrogens with one attached hydrogen (secondary N) is 1. The molecule has 0 heterocycles. The van der Waals surface area contributed by atoms with E-state index in [0.717, 1.165) is 21.9 Å². The van der Waals surface area contributed by atoms with Gasteiger partial charge in [0.1, 0.15) is 6.04 Å². The second-order valence-corrected chi connectivity index (χ2v) is 6.02. The number of carbonyl (C=O) groups is 2. The molecular weight excluding hydrogens is 302 g/mol. The molecule has 24 heavy (non-hydrogen) atoms. The van der Waals surface area contributed by atoms with Crippen molar-refractivity contribution in [2.45, 2.75) is 32.7 Å². The van der Waals surface area contributed by atoms with Crippen LogP contribution in [-0.2, 0) is 20.7 Å². The van der Waals surface area contributed by atoms with E-state index in [1.54, 1.807) is 0 Å². The third-order valence-electron chi connectivity index (χ3n) is 3.76. The molecule has 0 saturated carbocycles. The van der Waals surface area contributed by atoms with Gasteiger partial charge in [-0.05, 0) is 36.6 Å². The Morgan fingerprint density at radius 3 is 2.50 bits per heavy atom. The lowest BCUT2D eigenvalue weighted by atomic mass is 10.0. The first-order valence-corrected chi connectivity index (χ1v) is 7.98. The number of esters is 1. The number of benzene rings is 2. The van der Waals surface area contributed by atoms with Crippen molar-refractivity contribution < 1.29 is 14.3 Å². The van der Waals surface area contributed by atoms with Crippen molar-refractivity contribution >= 4 is 22.6 Å². The van der Waals surface area contributed by atoms with Crippen molar-refractivity contribution in [3.05, 3.63) is 59.7 Å². The van der Waals surface area contributed by atoms with Gasteiger partial charge in [0.25, 0.3) is 0 Å². The highest BCUT2D eigenvalue weighted by molar-refractivity contribution is 5.88. The number of hydrogen-bond acceptors (Lipinski definition) is 3. The standard InChI is InChI=1S/C20H23NO3/c1-14(2)8-11-18(20(23)24-3)21-19(22)13-15-9-10-16-6-4-5-7-17(16)12-15/h4-10,12,18H,11,13H2,1-3H3,(H,21,22)/t18-/m0/s1. The molecule has 0 spiro atoms. The summed E-state index contributed by atoms with van der Waals surface area (Å²) in [6.45, 7) is 3.90. The van der Waals surface area contributed by atoms with Crippen LogP contribution in [0, 0.1) is 0 Å². The van der Waals surface area contributed by atoms with Gasteiger partial charge in [-0.15, -0.1) is 0 Å². The summed E-state index contributed by atoms with van der Waals surface area (Å²) in [6, 6.07) is 13.3. The molecule has 0 saturated heterocycles. The smallest absolute Gasteiger partial charge is 0.328 e. The molecule has 126 valence electrons. The van der Waals surface area contributed by atoms with E-state index >= 15 is 0 Å². The number of amides is 1. The first kappa shape index (κ1) is 17.7. The van der Waals surface area contributed by atoms with Gasteiger partial charge < -0.3 is 10.1 Å². The fourth-order valence-corrected chi connectivity index (χ4v) is 2.49. The van der Waals surface area contributed by atoms with E-state index in [9.17, 15) is 9.59 Å². The largest absolute Gasteiger partial charge is 0.467 e. The van der Waals surface area contributed by atoms with Crippen LogP contribution in [0.25, 0.3) is 10.8 Å². The van der Waals surface area contributed by atoms with E-state index in [2.05, 4.69) is 5.32 Å². The van der Waals surface area contributed by atoms with Gasteiger partial charge in [-0.25, -0.2) is 4.79 Å².